The highest BCUT2D eigenvalue weighted by Gasteiger charge is 2.16. The Morgan fingerprint density at radius 1 is 1.11 bits per heavy atom. The lowest BCUT2D eigenvalue weighted by atomic mass is 10.2. The highest BCUT2D eigenvalue weighted by Crippen LogP contribution is 2.01. The summed E-state index contributed by atoms with van der Waals surface area (Å²) in [6.45, 7) is 3.26. The van der Waals surface area contributed by atoms with Crippen LogP contribution in [-0.4, -0.2) is 53.4 Å². The van der Waals surface area contributed by atoms with Crippen LogP contribution in [0.5, 0.6) is 0 Å². The van der Waals surface area contributed by atoms with Crippen LogP contribution in [0.1, 0.15) is 26.7 Å². The Hall–Kier alpha value is -1.47. The fraction of sp³-hybridized carbons (Fsp3) is 0.727. The van der Waals surface area contributed by atoms with E-state index in [2.05, 4.69) is 0 Å². The highest BCUT2D eigenvalue weighted by molar-refractivity contribution is 6.32. The summed E-state index contributed by atoms with van der Waals surface area (Å²) < 4.78 is 10.0. The predicted molar refractivity (Wildman–Crippen MR) is 59.9 cm³/mol. The van der Waals surface area contributed by atoms with Gasteiger partial charge < -0.3 is 19.7 Å². The molecule has 7 nitrogen and oxygen atoms in total. The zero-order valence-corrected chi connectivity index (χ0v) is 10.4. The van der Waals surface area contributed by atoms with Crippen LogP contribution < -0.4 is 0 Å². The number of aliphatic hydroxyl groups is 1. The second-order valence-corrected chi connectivity index (χ2v) is 3.86. The minimum Gasteiger partial charge on any atom is -0.476 e. The Kier molecular flexibility index (Phi) is 7.89. The fourth-order valence-electron chi connectivity index (χ4n) is 0.992. The van der Waals surface area contributed by atoms with E-state index in [4.69, 9.17) is 19.7 Å². The van der Waals surface area contributed by atoms with Crippen LogP contribution >= 0.6 is 0 Å². The second-order valence-electron chi connectivity index (χ2n) is 3.86. The molecule has 0 aliphatic carbocycles. The van der Waals surface area contributed by atoms with Crippen molar-refractivity contribution in [2.45, 2.75) is 38.9 Å². The summed E-state index contributed by atoms with van der Waals surface area (Å²) in [5.41, 5.74) is 0. The molecule has 0 aromatic carbocycles. The van der Waals surface area contributed by atoms with Gasteiger partial charge in [0.15, 0.2) is 0 Å². The summed E-state index contributed by atoms with van der Waals surface area (Å²) in [7, 11) is 0. The minimum absolute atomic E-state index is 0.125. The van der Waals surface area contributed by atoms with Gasteiger partial charge in [0.05, 0.1) is 25.7 Å². The molecule has 0 bridgehead atoms. The molecule has 7 heteroatoms. The van der Waals surface area contributed by atoms with Gasteiger partial charge in [-0.15, -0.1) is 0 Å². The molecule has 0 rings (SSSR count). The van der Waals surface area contributed by atoms with E-state index in [1.165, 1.54) is 0 Å². The molecule has 104 valence electrons. The van der Waals surface area contributed by atoms with Crippen molar-refractivity contribution in [3.63, 3.8) is 0 Å². The number of carbonyl (C=O) groups excluding carboxylic acids is 2. The average Bonchev–Trinajstić information content (AvgIpc) is 2.32. The lowest BCUT2D eigenvalue weighted by molar-refractivity contribution is -0.154. The molecule has 0 aliphatic heterocycles. The number of carbonyl (C=O) groups is 3. The number of ether oxygens (including phenoxy) is 2. The number of esters is 1. The molecule has 18 heavy (non-hydrogen) atoms. The molecule has 0 amide bonds. The summed E-state index contributed by atoms with van der Waals surface area (Å²) in [6, 6.07) is 0. The number of aliphatic carboxylic acids is 1. The van der Waals surface area contributed by atoms with E-state index in [9.17, 15) is 14.4 Å². The monoisotopic (exact) mass is 262 g/mol. The molecule has 0 aromatic rings. The van der Waals surface area contributed by atoms with Gasteiger partial charge in [-0.3, -0.25) is 9.59 Å². The number of aliphatic hydroxyl groups excluding tert-OH is 1. The minimum atomic E-state index is -1.56. The first-order valence-corrected chi connectivity index (χ1v) is 5.54. The Labute approximate surface area is 105 Å². The molecule has 2 N–H and O–H groups in total. The third-order valence-corrected chi connectivity index (χ3v) is 2.00. The standard InChI is InChI=1S/C11H18O7/c1-7(5-12)17-6-8(2)18-10(14)4-3-9(13)11(15)16/h7-8,12H,3-6H2,1-2H3,(H,15,16). The van der Waals surface area contributed by atoms with E-state index in [-0.39, 0.29) is 32.2 Å². The molecule has 0 fully saturated rings. The maximum atomic E-state index is 11.2. The number of ketones is 1. The summed E-state index contributed by atoms with van der Waals surface area (Å²) in [6.07, 6.45) is -1.52. The maximum absolute atomic E-state index is 11.2. The summed E-state index contributed by atoms with van der Waals surface area (Å²) >= 11 is 0. The van der Waals surface area contributed by atoms with E-state index in [1.54, 1.807) is 13.8 Å². The quantitative estimate of drug-likeness (QED) is 0.435. The first-order valence-electron chi connectivity index (χ1n) is 5.54. The summed E-state index contributed by atoms with van der Waals surface area (Å²) in [5, 5.41) is 17.0. The van der Waals surface area contributed by atoms with Crippen molar-refractivity contribution in [2.24, 2.45) is 0 Å². The van der Waals surface area contributed by atoms with Gasteiger partial charge >= 0.3 is 11.9 Å². The van der Waals surface area contributed by atoms with Crippen molar-refractivity contribution in [2.75, 3.05) is 13.2 Å². The second kappa shape index (κ2) is 8.60. The normalized spacial score (nSPS) is 13.7. The van der Waals surface area contributed by atoms with Gasteiger partial charge in [-0.2, -0.15) is 0 Å². The topological polar surface area (TPSA) is 110 Å². The van der Waals surface area contributed by atoms with Gasteiger partial charge in [0.25, 0.3) is 0 Å². The molecule has 2 atom stereocenters. The van der Waals surface area contributed by atoms with Gasteiger partial charge in [-0.1, -0.05) is 0 Å². The zero-order chi connectivity index (χ0) is 14.1. The lowest BCUT2D eigenvalue weighted by Gasteiger charge is -2.16. The Bertz CT molecular complexity index is 300. The van der Waals surface area contributed by atoms with Crippen LogP contribution in [0, 0.1) is 0 Å². The number of carboxylic acid groups (broad SMARTS) is 1. The van der Waals surface area contributed by atoms with Crippen molar-refractivity contribution >= 4 is 17.7 Å². The smallest absolute Gasteiger partial charge is 0.372 e. The average molecular weight is 262 g/mol. The fourth-order valence-corrected chi connectivity index (χ4v) is 0.992. The van der Waals surface area contributed by atoms with Crippen molar-refractivity contribution < 1.29 is 34.1 Å². The van der Waals surface area contributed by atoms with Crippen molar-refractivity contribution in [3.8, 4) is 0 Å². The Morgan fingerprint density at radius 3 is 2.22 bits per heavy atom. The van der Waals surface area contributed by atoms with E-state index >= 15 is 0 Å². The number of hydrogen-bond donors (Lipinski definition) is 2. The first kappa shape index (κ1) is 16.5. The van der Waals surface area contributed by atoms with E-state index in [0.717, 1.165) is 0 Å². The van der Waals surface area contributed by atoms with Crippen molar-refractivity contribution in [1.82, 2.24) is 0 Å². The molecule has 0 aliphatic rings. The Balaban J connectivity index is 3.80. The van der Waals surface area contributed by atoms with Gasteiger partial charge in [0.2, 0.25) is 5.78 Å². The van der Waals surface area contributed by atoms with Crippen LogP contribution in [-0.2, 0) is 23.9 Å². The molecule has 0 radical (unpaired) electrons. The summed E-state index contributed by atoms with van der Waals surface area (Å²) in [5.74, 6) is -3.24. The number of Topliss-reactive ketones (excluding diaryl/α,β-unsaturated/α-hetero) is 1. The maximum Gasteiger partial charge on any atom is 0.372 e. The number of carboxylic acids is 1. The van der Waals surface area contributed by atoms with E-state index < -0.39 is 23.8 Å². The molecule has 0 saturated carbocycles. The molecular weight excluding hydrogens is 244 g/mol. The third-order valence-electron chi connectivity index (χ3n) is 2.00. The number of rotatable bonds is 9. The summed E-state index contributed by atoms with van der Waals surface area (Å²) in [4.78, 5) is 32.1. The largest absolute Gasteiger partial charge is 0.476 e. The lowest BCUT2D eigenvalue weighted by Crippen LogP contribution is -2.25. The first-order chi connectivity index (χ1) is 8.36. The third kappa shape index (κ3) is 7.75. The predicted octanol–water partition coefficient (Wildman–Crippen LogP) is -0.251. The molecular formula is C11H18O7. The molecule has 0 heterocycles. The Morgan fingerprint density at radius 2 is 1.72 bits per heavy atom. The molecule has 0 spiro atoms. The molecule has 0 aromatic heterocycles. The van der Waals surface area contributed by atoms with E-state index in [0.29, 0.717) is 0 Å². The molecule has 2 unspecified atom stereocenters. The van der Waals surface area contributed by atoms with Crippen LogP contribution in [0.15, 0.2) is 0 Å². The SMILES string of the molecule is CC(CO)OCC(C)OC(=O)CCC(=O)C(=O)O. The van der Waals surface area contributed by atoms with Crippen LogP contribution in [0.3, 0.4) is 0 Å². The van der Waals surface area contributed by atoms with Gasteiger partial charge in [-0.05, 0) is 13.8 Å². The van der Waals surface area contributed by atoms with Gasteiger partial charge in [0.1, 0.15) is 6.10 Å². The van der Waals surface area contributed by atoms with Crippen LogP contribution in [0.2, 0.25) is 0 Å². The van der Waals surface area contributed by atoms with Crippen molar-refractivity contribution in [3.05, 3.63) is 0 Å². The molecule has 0 saturated heterocycles. The van der Waals surface area contributed by atoms with Crippen LogP contribution in [0.25, 0.3) is 0 Å². The van der Waals surface area contributed by atoms with Crippen molar-refractivity contribution in [1.29, 1.82) is 0 Å². The van der Waals surface area contributed by atoms with E-state index in [1.807, 2.05) is 0 Å². The zero-order valence-electron chi connectivity index (χ0n) is 10.4. The van der Waals surface area contributed by atoms with Crippen LogP contribution in [0.4, 0.5) is 0 Å². The highest BCUT2D eigenvalue weighted by atomic mass is 16.6. The van der Waals surface area contributed by atoms with Gasteiger partial charge in [0, 0.05) is 6.42 Å². The van der Waals surface area contributed by atoms with Gasteiger partial charge in [-0.25, -0.2) is 4.79 Å². The number of hydrogen-bond acceptors (Lipinski definition) is 6.